The van der Waals surface area contributed by atoms with E-state index in [0.717, 1.165) is 17.8 Å². The number of thioether (sulfide) groups is 1. The number of hydrogen-bond acceptors (Lipinski definition) is 5. The van der Waals surface area contributed by atoms with Crippen LogP contribution >= 0.6 is 23.4 Å². The Labute approximate surface area is 123 Å². The number of carbonyl (C=O) groups is 2. The van der Waals surface area contributed by atoms with Crippen LogP contribution in [-0.4, -0.2) is 40.0 Å². The van der Waals surface area contributed by atoms with Gasteiger partial charge in [0.15, 0.2) is 0 Å². The van der Waals surface area contributed by atoms with E-state index in [4.69, 9.17) is 16.7 Å². The molecule has 0 saturated heterocycles. The zero-order valence-electron chi connectivity index (χ0n) is 10.2. The Kier molecular flexibility index (Phi) is 6.26. The first-order valence-electron chi connectivity index (χ1n) is 5.43. The molecule has 2 N–H and O–H groups in total. The summed E-state index contributed by atoms with van der Waals surface area (Å²) in [5.41, 5.74) is -0.448. The highest BCUT2D eigenvalue weighted by molar-refractivity contribution is 7.99. The van der Waals surface area contributed by atoms with E-state index < -0.39 is 16.8 Å². The number of halogens is 1. The van der Waals surface area contributed by atoms with Crippen molar-refractivity contribution in [2.45, 2.75) is 0 Å². The highest BCUT2D eigenvalue weighted by Gasteiger charge is 2.20. The summed E-state index contributed by atoms with van der Waals surface area (Å²) in [7, 11) is 0. The first-order valence-corrected chi connectivity index (χ1v) is 6.96. The number of hydrogen-bond donors (Lipinski definition) is 2. The van der Waals surface area contributed by atoms with Gasteiger partial charge >= 0.3 is 5.97 Å². The van der Waals surface area contributed by atoms with Gasteiger partial charge in [-0.05, 0) is 12.1 Å². The molecule has 0 atom stereocenters. The minimum atomic E-state index is -0.935. The van der Waals surface area contributed by atoms with Gasteiger partial charge in [0.1, 0.15) is 5.56 Å². The van der Waals surface area contributed by atoms with E-state index in [9.17, 15) is 19.7 Å². The molecule has 0 heterocycles. The molecule has 1 rings (SSSR count). The fraction of sp³-hybridized carbons (Fsp3) is 0.273. The molecule has 0 fully saturated rings. The molecule has 0 radical (unpaired) electrons. The predicted molar refractivity (Wildman–Crippen MR) is 75.4 cm³/mol. The van der Waals surface area contributed by atoms with Gasteiger partial charge in [-0.1, -0.05) is 11.6 Å². The number of rotatable bonds is 7. The van der Waals surface area contributed by atoms with E-state index in [1.807, 2.05) is 0 Å². The van der Waals surface area contributed by atoms with Crippen LogP contribution in [-0.2, 0) is 4.79 Å². The molecule has 0 saturated carbocycles. The number of carbonyl (C=O) groups excluding carboxylic acids is 1. The van der Waals surface area contributed by atoms with Crippen LogP contribution in [0.2, 0.25) is 5.02 Å². The third-order valence-electron chi connectivity index (χ3n) is 2.16. The molecule has 0 aliphatic rings. The number of carboxylic acid groups (broad SMARTS) is 1. The molecule has 108 valence electrons. The Balaban J connectivity index is 2.59. The van der Waals surface area contributed by atoms with Gasteiger partial charge in [0.25, 0.3) is 11.6 Å². The third-order valence-corrected chi connectivity index (χ3v) is 3.34. The number of aliphatic carboxylic acids is 1. The van der Waals surface area contributed by atoms with Crippen LogP contribution in [0.1, 0.15) is 10.4 Å². The molecule has 1 aromatic rings. The number of nitrogens with one attached hydrogen (secondary N) is 1. The standard InChI is InChI=1S/C11H11ClN2O5S/c12-7-1-2-8(9(5-7)14(18)19)11(17)13-3-4-20-6-10(15)16/h1-2,5H,3-4,6H2,(H,13,17)(H,15,16). The quantitative estimate of drug-likeness (QED) is 0.450. The summed E-state index contributed by atoms with van der Waals surface area (Å²) in [5.74, 6) is -1.19. The molecule has 7 nitrogen and oxygen atoms in total. The van der Waals surface area contributed by atoms with Gasteiger partial charge in [0.2, 0.25) is 0 Å². The number of benzene rings is 1. The van der Waals surface area contributed by atoms with E-state index in [2.05, 4.69) is 5.32 Å². The summed E-state index contributed by atoms with van der Waals surface area (Å²) in [6.45, 7) is 0.219. The second-order valence-corrected chi connectivity index (χ2v) is 5.16. The smallest absolute Gasteiger partial charge is 0.313 e. The molecule has 0 unspecified atom stereocenters. The molecule has 0 aliphatic heterocycles. The second kappa shape index (κ2) is 7.71. The van der Waals surface area contributed by atoms with Crippen molar-refractivity contribution in [3.8, 4) is 0 Å². The van der Waals surface area contributed by atoms with Crippen LogP contribution in [0.4, 0.5) is 5.69 Å². The maximum absolute atomic E-state index is 11.8. The lowest BCUT2D eigenvalue weighted by Gasteiger charge is -2.05. The van der Waals surface area contributed by atoms with Crippen LogP contribution in [0, 0.1) is 10.1 Å². The van der Waals surface area contributed by atoms with E-state index >= 15 is 0 Å². The summed E-state index contributed by atoms with van der Waals surface area (Å²) < 4.78 is 0. The first kappa shape index (κ1) is 16.3. The van der Waals surface area contributed by atoms with E-state index in [1.165, 1.54) is 12.1 Å². The molecule has 9 heteroatoms. The Morgan fingerprint density at radius 3 is 2.75 bits per heavy atom. The summed E-state index contributed by atoms with van der Waals surface area (Å²) >= 11 is 6.79. The van der Waals surface area contributed by atoms with Crippen molar-refractivity contribution < 1.29 is 19.6 Å². The highest BCUT2D eigenvalue weighted by Crippen LogP contribution is 2.23. The minimum Gasteiger partial charge on any atom is -0.481 e. The largest absolute Gasteiger partial charge is 0.481 e. The average Bonchev–Trinajstić information content (AvgIpc) is 2.37. The van der Waals surface area contributed by atoms with Crippen LogP contribution in [0.15, 0.2) is 18.2 Å². The molecular formula is C11H11ClN2O5S. The van der Waals surface area contributed by atoms with E-state index in [-0.39, 0.29) is 28.6 Å². The lowest BCUT2D eigenvalue weighted by molar-refractivity contribution is -0.385. The van der Waals surface area contributed by atoms with Crippen molar-refractivity contribution in [1.29, 1.82) is 0 Å². The Hall–Kier alpha value is -1.80. The number of nitro groups is 1. The average molecular weight is 319 g/mol. The molecule has 0 aliphatic carbocycles. The van der Waals surface area contributed by atoms with Crippen LogP contribution in [0.3, 0.4) is 0 Å². The van der Waals surface area contributed by atoms with Crippen molar-refractivity contribution in [3.63, 3.8) is 0 Å². The van der Waals surface area contributed by atoms with Crippen molar-refractivity contribution in [2.75, 3.05) is 18.1 Å². The summed E-state index contributed by atoms with van der Waals surface area (Å²) in [6, 6.07) is 3.78. The molecule has 20 heavy (non-hydrogen) atoms. The Bertz CT molecular complexity index is 538. The van der Waals surface area contributed by atoms with E-state index in [0.29, 0.717) is 5.75 Å². The van der Waals surface area contributed by atoms with Crippen molar-refractivity contribution in [1.82, 2.24) is 5.32 Å². The van der Waals surface area contributed by atoms with Crippen LogP contribution < -0.4 is 5.32 Å². The summed E-state index contributed by atoms with van der Waals surface area (Å²) in [5, 5.41) is 21.9. The van der Waals surface area contributed by atoms with Gasteiger partial charge in [-0.25, -0.2) is 0 Å². The lowest BCUT2D eigenvalue weighted by Crippen LogP contribution is -2.26. The topological polar surface area (TPSA) is 110 Å². The van der Waals surface area contributed by atoms with Gasteiger partial charge < -0.3 is 10.4 Å². The minimum absolute atomic E-state index is 0.0586. The zero-order chi connectivity index (χ0) is 15.1. The van der Waals surface area contributed by atoms with Gasteiger partial charge in [0.05, 0.1) is 10.7 Å². The van der Waals surface area contributed by atoms with Gasteiger partial charge in [-0.3, -0.25) is 19.7 Å². The maximum Gasteiger partial charge on any atom is 0.313 e. The second-order valence-electron chi connectivity index (χ2n) is 3.62. The SMILES string of the molecule is O=C(O)CSCCNC(=O)c1ccc(Cl)cc1[N+](=O)[O-]. The maximum atomic E-state index is 11.8. The molecule has 0 aromatic heterocycles. The molecule has 1 aromatic carbocycles. The van der Waals surface area contributed by atoms with Crippen molar-refractivity contribution in [2.24, 2.45) is 0 Å². The first-order chi connectivity index (χ1) is 9.41. The third kappa shape index (κ3) is 5.06. The summed E-state index contributed by atoms with van der Waals surface area (Å²) in [4.78, 5) is 32.2. The zero-order valence-corrected chi connectivity index (χ0v) is 11.7. The van der Waals surface area contributed by atoms with Crippen LogP contribution in [0.25, 0.3) is 0 Å². The number of amides is 1. The predicted octanol–water partition coefficient (Wildman–Crippen LogP) is 1.80. The monoisotopic (exact) mass is 318 g/mol. The van der Waals surface area contributed by atoms with Gasteiger partial charge in [-0.15, -0.1) is 11.8 Å². The molecule has 0 bridgehead atoms. The molecule has 0 spiro atoms. The van der Waals surface area contributed by atoms with Gasteiger partial charge in [-0.2, -0.15) is 0 Å². The normalized spacial score (nSPS) is 10.1. The summed E-state index contributed by atoms with van der Waals surface area (Å²) in [6.07, 6.45) is 0. The van der Waals surface area contributed by atoms with Gasteiger partial charge in [0, 0.05) is 23.4 Å². The fourth-order valence-electron chi connectivity index (χ4n) is 1.34. The number of nitrogens with zero attached hydrogens (tertiary/aromatic N) is 1. The van der Waals surface area contributed by atoms with Crippen LogP contribution in [0.5, 0.6) is 0 Å². The lowest BCUT2D eigenvalue weighted by atomic mass is 10.1. The van der Waals surface area contributed by atoms with E-state index in [1.54, 1.807) is 0 Å². The molecular weight excluding hydrogens is 308 g/mol. The highest BCUT2D eigenvalue weighted by atomic mass is 35.5. The van der Waals surface area contributed by atoms with Crippen molar-refractivity contribution >= 4 is 40.9 Å². The Morgan fingerprint density at radius 2 is 2.15 bits per heavy atom. The Morgan fingerprint density at radius 1 is 1.45 bits per heavy atom. The van der Waals surface area contributed by atoms with Crippen molar-refractivity contribution in [3.05, 3.63) is 38.9 Å². The fourth-order valence-corrected chi connectivity index (χ4v) is 2.07. The molecule has 1 amide bonds. The number of nitro benzene ring substituents is 1. The number of carboxylic acids is 1.